The molecule has 0 saturated carbocycles. The van der Waals surface area contributed by atoms with Crippen LogP contribution in [0.3, 0.4) is 0 Å². The van der Waals surface area contributed by atoms with Gasteiger partial charge in [-0.1, -0.05) is 41.4 Å². The summed E-state index contributed by atoms with van der Waals surface area (Å²) in [7, 11) is -4.33. The maximum atomic E-state index is 12.8. The first-order valence-electron chi connectivity index (χ1n) is 7.17. The molecule has 138 valence electrons. The molecule has 0 saturated heterocycles. The van der Waals surface area contributed by atoms with Crippen molar-refractivity contribution >= 4 is 33.1 Å². The molecule has 2 rings (SSSR count). The van der Waals surface area contributed by atoms with Gasteiger partial charge in [-0.05, 0) is 36.8 Å². The Kier molecular flexibility index (Phi) is 5.77. The molecular weight excluding hydrogens is 391 g/mol. The summed E-state index contributed by atoms with van der Waals surface area (Å²) in [5.74, 6) is -1.40. The number of halogens is 4. The molecular formula is C17H13ClF3NO3S. The molecule has 0 aliphatic heterocycles. The van der Waals surface area contributed by atoms with Crippen LogP contribution in [0.25, 0.3) is 5.57 Å². The van der Waals surface area contributed by atoms with Gasteiger partial charge in [-0.2, -0.15) is 13.2 Å². The zero-order valence-electron chi connectivity index (χ0n) is 13.3. The number of carbonyl (C=O) groups excluding carboxylic acids is 1. The Morgan fingerprint density at radius 1 is 1.04 bits per heavy atom. The summed E-state index contributed by atoms with van der Waals surface area (Å²) in [5, 5.41) is 0.257. The minimum absolute atomic E-state index is 0.122. The number of aryl methyl sites for hydroxylation is 1. The highest BCUT2D eigenvalue weighted by molar-refractivity contribution is 7.90. The second-order valence-electron chi connectivity index (χ2n) is 5.35. The zero-order valence-corrected chi connectivity index (χ0v) is 14.9. The number of benzene rings is 2. The van der Waals surface area contributed by atoms with E-state index in [4.69, 9.17) is 11.6 Å². The number of hydrogen-bond donors (Lipinski definition) is 1. The maximum absolute atomic E-state index is 12.8. The second-order valence-corrected chi connectivity index (χ2v) is 7.47. The fourth-order valence-corrected chi connectivity index (χ4v) is 3.12. The van der Waals surface area contributed by atoms with Crippen LogP contribution in [0, 0.1) is 6.92 Å². The predicted molar refractivity (Wildman–Crippen MR) is 92.0 cm³/mol. The second kappa shape index (κ2) is 7.51. The average Bonchev–Trinajstić information content (AvgIpc) is 2.52. The fraction of sp³-hybridized carbons (Fsp3) is 0.118. The van der Waals surface area contributed by atoms with Gasteiger partial charge in [0.2, 0.25) is 0 Å². The summed E-state index contributed by atoms with van der Waals surface area (Å²) in [6.07, 6.45) is -5.07. The minimum atomic E-state index is -4.82. The molecule has 0 heterocycles. The normalized spacial score (nSPS) is 12.7. The van der Waals surface area contributed by atoms with E-state index in [2.05, 4.69) is 0 Å². The van der Waals surface area contributed by atoms with Crippen LogP contribution in [0.2, 0.25) is 5.02 Å². The van der Waals surface area contributed by atoms with Crippen LogP contribution >= 0.6 is 11.6 Å². The summed E-state index contributed by atoms with van der Waals surface area (Å²) >= 11 is 5.69. The van der Waals surface area contributed by atoms with Crippen molar-refractivity contribution in [2.24, 2.45) is 0 Å². The molecule has 0 bridgehead atoms. The number of sulfonamides is 1. The molecule has 1 amide bonds. The van der Waals surface area contributed by atoms with E-state index in [1.165, 1.54) is 48.5 Å². The third-order valence-corrected chi connectivity index (χ3v) is 4.87. The van der Waals surface area contributed by atoms with Crippen molar-refractivity contribution in [2.75, 3.05) is 0 Å². The average molecular weight is 404 g/mol. The molecule has 0 aromatic heterocycles. The van der Waals surface area contributed by atoms with Gasteiger partial charge in [0.15, 0.2) is 0 Å². The Morgan fingerprint density at radius 3 is 2.08 bits per heavy atom. The Hall–Kier alpha value is -2.32. The summed E-state index contributed by atoms with van der Waals surface area (Å²) in [5.41, 5.74) is -0.178. The van der Waals surface area contributed by atoms with Crippen molar-refractivity contribution in [3.63, 3.8) is 0 Å². The number of rotatable bonds is 4. The van der Waals surface area contributed by atoms with Gasteiger partial charge < -0.3 is 0 Å². The molecule has 1 N–H and O–H groups in total. The van der Waals surface area contributed by atoms with Gasteiger partial charge in [-0.3, -0.25) is 4.79 Å². The largest absolute Gasteiger partial charge is 0.410 e. The van der Waals surface area contributed by atoms with Crippen LogP contribution in [0.15, 0.2) is 59.5 Å². The van der Waals surface area contributed by atoms with E-state index >= 15 is 0 Å². The molecule has 0 spiro atoms. The van der Waals surface area contributed by atoms with Gasteiger partial charge in [-0.15, -0.1) is 0 Å². The number of alkyl halides is 3. The van der Waals surface area contributed by atoms with E-state index in [1.54, 1.807) is 11.6 Å². The molecule has 2 aromatic rings. The Bertz CT molecular complexity index is 935. The first-order chi connectivity index (χ1) is 12.0. The molecule has 0 aliphatic rings. The lowest BCUT2D eigenvalue weighted by atomic mass is 10.1. The van der Waals surface area contributed by atoms with E-state index in [-0.39, 0.29) is 21.6 Å². The number of hydrogen-bond acceptors (Lipinski definition) is 3. The van der Waals surface area contributed by atoms with Crippen LogP contribution in [-0.2, 0) is 14.8 Å². The highest BCUT2D eigenvalue weighted by Crippen LogP contribution is 2.26. The summed E-state index contributed by atoms with van der Waals surface area (Å²) in [6.45, 7) is 1.74. The molecule has 0 unspecified atom stereocenters. The van der Waals surface area contributed by atoms with Gasteiger partial charge in [0.1, 0.15) is 0 Å². The molecule has 0 atom stereocenters. The van der Waals surface area contributed by atoms with Gasteiger partial charge in [0.25, 0.3) is 15.9 Å². The smallest absolute Gasteiger partial charge is 0.268 e. The van der Waals surface area contributed by atoms with E-state index in [0.29, 0.717) is 0 Å². The van der Waals surface area contributed by atoms with Gasteiger partial charge in [0, 0.05) is 11.1 Å². The SMILES string of the molecule is Cc1ccc(S(=O)(=O)NC(=O)/C(=C\C(F)(F)F)c2ccc(Cl)cc2)cc1. The number of allylic oxidation sites excluding steroid dienone is 1. The lowest BCUT2D eigenvalue weighted by Gasteiger charge is -2.12. The van der Waals surface area contributed by atoms with Gasteiger partial charge >= 0.3 is 6.18 Å². The number of carbonyl (C=O) groups is 1. The highest BCUT2D eigenvalue weighted by atomic mass is 35.5. The van der Waals surface area contributed by atoms with Crippen molar-refractivity contribution in [1.82, 2.24) is 4.72 Å². The van der Waals surface area contributed by atoms with E-state index < -0.39 is 27.7 Å². The van der Waals surface area contributed by atoms with Crippen LogP contribution in [0.4, 0.5) is 13.2 Å². The lowest BCUT2D eigenvalue weighted by Crippen LogP contribution is -2.31. The molecule has 0 fully saturated rings. The van der Waals surface area contributed by atoms with E-state index in [1.807, 2.05) is 0 Å². The summed E-state index contributed by atoms with van der Waals surface area (Å²) in [6, 6.07) is 10.5. The lowest BCUT2D eigenvalue weighted by molar-refractivity contribution is -0.114. The minimum Gasteiger partial charge on any atom is -0.268 e. The Labute approximate surface area is 153 Å². The zero-order chi connectivity index (χ0) is 19.5. The Morgan fingerprint density at radius 2 is 1.58 bits per heavy atom. The third-order valence-electron chi connectivity index (χ3n) is 3.27. The topological polar surface area (TPSA) is 63.2 Å². The quantitative estimate of drug-likeness (QED) is 0.782. The van der Waals surface area contributed by atoms with Crippen LogP contribution in [0.5, 0.6) is 0 Å². The van der Waals surface area contributed by atoms with Crippen LogP contribution < -0.4 is 4.72 Å². The molecule has 0 radical (unpaired) electrons. The monoisotopic (exact) mass is 403 g/mol. The van der Waals surface area contributed by atoms with E-state index in [0.717, 1.165) is 5.56 Å². The van der Waals surface area contributed by atoms with E-state index in [9.17, 15) is 26.4 Å². The highest BCUT2D eigenvalue weighted by Gasteiger charge is 2.29. The van der Waals surface area contributed by atoms with Crippen molar-refractivity contribution < 1.29 is 26.4 Å². The third kappa shape index (κ3) is 5.34. The van der Waals surface area contributed by atoms with Crippen molar-refractivity contribution in [1.29, 1.82) is 0 Å². The standard InChI is InChI=1S/C17H13ClF3NO3S/c1-11-2-8-14(9-3-11)26(24,25)22-16(23)15(10-17(19,20)21)12-4-6-13(18)7-5-12/h2-10H,1H3,(H,22,23)/b15-10-. The summed E-state index contributed by atoms with van der Waals surface area (Å²) < 4.78 is 64.6. The predicted octanol–water partition coefficient (Wildman–Crippen LogP) is 4.10. The van der Waals surface area contributed by atoms with Crippen molar-refractivity contribution in [3.05, 3.63) is 70.8 Å². The van der Waals surface area contributed by atoms with Crippen molar-refractivity contribution in [3.8, 4) is 0 Å². The van der Waals surface area contributed by atoms with Gasteiger partial charge in [-0.25, -0.2) is 13.1 Å². The molecule has 9 heteroatoms. The maximum Gasteiger partial charge on any atom is 0.410 e. The molecule has 4 nitrogen and oxygen atoms in total. The fourth-order valence-electron chi connectivity index (χ4n) is 2.03. The molecule has 26 heavy (non-hydrogen) atoms. The van der Waals surface area contributed by atoms with Crippen LogP contribution in [0.1, 0.15) is 11.1 Å². The molecule has 2 aromatic carbocycles. The molecule has 0 aliphatic carbocycles. The van der Waals surface area contributed by atoms with Crippen LogP contribution in [-0.4, -0.2) is 20.5 Å². The first-order valence-corrected chi connectivity index (χ1v) is 9.03. The van der Waals surface area contributed by atoms with Gasteiger partial charge in [0.05, 0.1) is 10.5 Å². The first kappa shape index (κ1) is 20.0. The Balaban J connectivity index is 2.39. The number of nitrogens with one attached hydrogen (secondary N) is 1. The summed E-state index contributed by atoms with van der Waals surface area (Å²) in [4.78, 5) is 12.0. The number of amides is 1. The van der Waals surface area contributed by atoms with Crippen molar-refractivity contribution in [2.45, 2.75) is 18.0 Å².